The summed E-state index contributed by atoms with van der Waals surface area (Å²) in [7, 11) is 1.61. The molecule has 0 aliphatic carbocycles. The first-order chi connectivity index (χ1) is 8.13. The summed E-state index contributed by atoms with van der Waals surface area (Å²) in [5.74, 6) is -0.157. The van der Waals surface area contributed by atoms with Crippen LogP contribution in [0.15, 0.2) is 12.3 Å². The number of nitrogens with zero attached hydrogens (tertiary/aromatic N) is 1. The second-order valence-electron chi connectivity index (χ2n) is 3.57. The summed E-state index contributed by atoms with van der Waals surface area (Å²) in [4.78, 5) is 15.5. The maximum Gasteiger partial charge on any atom is 0.238 e. The van der Waals surface area contributed by atoms with Gasteiger partial charge >= 0.3 is 0 Å². The van der Waals surface area contributed by atoms with Gasteiger partial charge in [-0.15, -0.1) is 0 Å². The van der Waals surface area contributed by atoms with Crippen molar-refractivity contribution in [3.63, 3.8) is 0 Å². The van der Waals surface area contributed by atoms with Gasteiger partial charge < -0.3 is 15.4 Å². The van der Waals surface area contributed by atoms with Gasteiger partial charge in [-0.05, 0) is 18.6 Å². The molecule has 1 aromatic rings. The molecular weight excluding hydrogens is 242 g/mol. The number of carbonyl (C=O) groups excluding carboxylic acids is 1. The Balaban J connectivity index is 2.42. The number of aromatic nitrogens is 1. The van der Waals surface area contributed by atoms with Gasteiger partial charge in [0.25, 0.3) is 0 Å². The van der Waals surface area contributed by atoms with E-state index in [9.17, 15) is 4.79 Å². The summed E-state index contributed by atoms with van der Waals surface area (Å²) in [6.07, 6.45) is 1.65. The predicted octanol–water partition coefficient (Wildman–Crippen LogP) is 1.22. The first-order valence-corrected chi connectivity index (χ1v) is 5.63. The molecule has 0 fully saturated rings. The van der Waals surface area contributed by atoms with Crippen LogP contribution in [0.4, 0.5) is 5.69 Å². The maximum atomic E-state index is 11.5. The minimum Gasteiger partial charge on any atom is -0.383 e. The Bertz CT molecular complexity index is 385. The largest absolute Gasteiger partial charge is 0.383 e. The molecule has 0 radical (unpaired) electrons. The quantitative estimate of drug-likeness (QED) is 0.594. The summed E-state index contributed by atoms with van der Waals surface area (Å²) in [5, 5.41) is 5.92. The molecule has 0 aliphatic heterocycles. The molecule has 0 unspecified atom stereocenters. The second kappa shape index (κ2) is 7.21. The third-order valence-electron chi connectivity index (χ3n) is 2.02. The molecule has 0 aliphatic rings. The number of methoxy groups -OCH3 is 1. The van der Waals surface area contributed by atoms with Crippen LogP contribution in [0.1, 0.15) is 5.56 Å². The van der Waals surface area contributed by atoms with Crippen LogP contribution >= 0.6 is 11.6 Å². The van der Waals surface area contributed by atoms with Crippen LogP contribution < -0.4 is 10.6 Å². The molecule has 5 nitrogen and oxygen atoms in total. The number of nitrogens with one attached hydrogen (secondary N) is 2. The highest BCUT2D eigenvalue weighted by molar-refractivity contribution is 6.32. The summed E-state index contributed by atoms with van der Waals surface area (Å²) < 4.78 is 4.85. The highest BCUT2D eigenvalue weighted by atomic mass is 35.5. The van der Waals surface area contributed by atoms with E-state index in [0.717, 1.165) is 5.56 Å². The van der Waals surface area contributed by atoms with E-state index in [-0.39, 0.29) is 12.5 Å². The smallest absolute Gasteiger partial charge is 0.238 e. The van der Waals surface area contributed by atoms with Crippen molar-refractivity contribution < 1.29 is 9.53 Å². The van der Waals surface area contributed by atoms with Gasteiger partial charge in [-0.1, -0.05) is 11.6 Å². The van der Waals surface area contributed by atoms with E-state index in [2.05, 4.69) is 15.6 Å². The van der Waals surface area contributed by atoms with Crippen molar-refractivity contribution in [2.75, 3.05) is 32.1 Å². The molecule has 0 saturated carbocycles. The molecule has 1 aromatic heterocycles. The van der Waals surface area contributed by atoms with E-state index in [0.29, 0.717) is 24.0 Å². The Morgan fingerprint density at radius 3 is 3.06 bits per heavy atom. The first-order valence-electron chi connectivity index (χ1n) is 5.25. The number of hydrogen-bond donors (Lipinski definition) is 2. The van der Waals surface area contributed by atoms with E-state index in [1.807, 2.05) is 6.92 Å². The standard InChI is InChI=1S/C11H16ClN3O2/c1-8-5-9(11(12)14-6-8)15-10(16)7-13-3-4-17-2/h5-6,13H,3-4,7H2,1-2H3,(H,15,16). The molecule has 1 heterocycles. The zero-order chi connectivity index (χ0) is 12.7. The van der Waals surface area contributed by atoms with Crippen LogP contribution in [0.2, 0.25) is 5.15 Å². The number of anilines is 1. The number of ether oxygens (including phenoxy) is 1. The summed E-state index contributed by atoms with van der Waals surface area (Å²) in [6.45, 7) is 3.30. The Labute approximate surface area is 106 Å². The van der Waals surface area contributed by atoms with Crippen LogP contribution in [0.3, 0.4) is 0 Å². The fraction of sp³-hybridized carbons (Fsp3) is 0.455. The van der Waals surface area contributed by atoms with E-state index >= 15 is 0 Å². The Morgan fingerprint density at radius 1 is 1.59 bits per heavy atom. The highest BCUT2D eigenvalue weighted by Gasteiger charge is 2.06. The van der Waals surface area contributed by atoms with Gasteiger partial charge in [0.15, 0.2) is 5.15 Å². The number of halogens is 1. The lowest BCUT2D eigenvalue weighted by molar-refractivity contribution is -0.115. The second-order valence-corrected chi connectivity index (χ2v) is 3.93. The fourth-order valence-electron chi connectivity index (χ4n) is 1.21. The third kappa shape index (κ3) is 5.12. The van der Waals surface area contributed by atoms with E-state index in [1.165, 1.54) is 0 Å². The summed E-state index contributed by atoms with van der Waals surface area (Å²) in [5.41, 5.74) is 1.47. The van der Waals surface area contributed by atoms with Crippen molar-refractivity contribution in [2.24, 2.45) is 0 Å². The van der Waals surface area contributed by atoms with Gasteiger partial charge in [0.1, 0.15) is 0 Å². The minimum atomic E-state index is -0.157. The van der Waals surface area contributed by atoms with Crippen LogP contribution in [0.25, 0.3) is 0 Å². The molecule has 0 saturated heterocycles. The number of hydrogen-bond acceptors (Lipinski definition) is 4. The summed E-state index contributed by atoms with van der Waals surface area (Å²) in [6, 6.07) is 1.78. The van der Waals surface area contributed by atoms with Crippen molar-refractivity contribution in [2.45, 2.75) is 6.92 Å². The molecule has 0 aromatic carbocycles. The van der Waals surface area contributed by atoms with E-state index in [1.54, 1.807) is 19.4 Å². The average molecular weight is 258 g/mol. The number of carbonyl (C=O) groups is 1. The van der Waals surface area contributed by atoms with Crippen molar-refractivity contribution in [3.8, 4) is 0 Å². The maximum absolute atomic E-state index is 11.5. The molecule has 0 atom stereocenters. The van der Waals surface area contributed by atoms with E-state index < -0.39 is 0 Å². The van der Waals surface area contributed by atoms with Gasteiger partial charge in [0.2, 0.25) is 5.91 Å². The molecular formula is C11H16ClN3O2. The number of pyridine rings is 1. The SMILES string of the molecule is COCCNCC(=O)Nc1cc(C)cnc1Cl. The fourth-order valence-corrected chi connectivity index (χ4v) is 1.36. The number of aryl methyl sites for hydroxylation is 1. The van der Waals surface area contributed by atoms with Crippen molar-refractivity contribution >= 4 is 23.2 Å². The highest BCUT2D eigenvalue weighted by Crippen LogP contribution is 2.19. The average Bonchev–Trinajstić information content (AvgIpc) is 2.29. The van der Waals surface area contributed by atoms with Crippen LogP contribution in [0.5, 0.6) is 0 Å². The molecule has 6 heteroatoms. The number of amides is 1. The molecule has 1 rings (SSSR count). The lowest BCUT2D eigenvalue weighted by Crippen LogP contribution is -2.30. The lowest BCUT2D eigenvalue weighted by atomic mass is 10.3. The van der Waals surface area contributed by atoms with Gasteiger partial charge in [-0.2, -0.15) is 0 Å². The molecule has 17 heavy (non-hydrogen) atoms. The minimum absolute atomic E-state index is 0.157. The van der Waals surface area contributed by atoms with Gasteiger partial charge in [-0.3, -0.25) is 4.79 Å². The topological polar surface area (TPSA) is 63.2 Å². The first kappa shape index (κ1) is 13.9. The zero-order valence-corrected chi connectivity index (χ0v) is 10.7. The van der Waals surface area contributed by atoms with Gasteiger partial charge in [0, 0.05) is 19.9 Å². The third-order valence-corrected chi connectivity index (χ3v) is 2.32. The van der Waals surface area contributed by atoms with Gasteiger partial charge in [0.05, 0.1) is 18.8 Å². The van der Waals surface area contributed by atoms with Crippen molar-refractivity contribution in [1.29, 1.82) is 0 Å². The zero-order valence-electron chi connectivity index (χ0n) is 9.92. The lowest BCUT2D eigenvalue weighted by Gasteiger charge is -2.08. The van der Waals surface area contributed by atoms with Crippen molar-refractivity contribution in [1.82, 2.24) is 10.3 Å². The monoisotopic (exact) mass is 257 g/mol. The van der Waals surface area contributed by atoms with Crippen LogP contribution in [0, 0.1) is 6.92 Å². The van der Waals surface area contributed by atoms with Gasteiger partial charge in [-0.25, -0.2) is 4.98 Å². The number of rotatable bonds is 6. The Hall–Kier alpha value is -1.17. The Morgan fingerprint density at radius 2 is 2.35 bits per heavy atom. The van der Waals surface area contributed by atoms with E-state index in [4.69, 9.17) is 16.3 Å². The van der Waals surface area contributed by atoms with Crippen LogP contribution in [-0.4, -0.2) is 37.7 Å². The predicted molar refractivity (Wildman–Crippen MR) is 67.4 cm³/mol. The molecule has 2 N–H and O–H groups in total. The molecule has 1 amide bonds. The molecule has 94 valence electrons. The van der Waals surface area contributed by atoms with Crippen LogP contribution in [-0.2, 0) is 9.53 Å². The molecule has 0 bridgehead atoms. The molecule has 0 spiro atoms. The normalized spacial score (nSPS) is 10.3. The van der Waals surface area contributed by atoms with Crippen molar-refractivity contribution in [3.05, 3.63) is 23.0 Å². The Kier molecular flexibility index (Phi) is 5.90. The summed E-state index contributed by atoms with van der Waals surface area (Å²) >= 11 is 5.86.